The fraction of sp³-hybridized carbons (Fsp3) is 0.214. The van der Waals surface area contributed by atoms with Crippen LogP contribution in [0.3, 0.4) is 0 Å². The Kier molecular flexibility index (Phi) is 5.17. The topological polar surface area (TPSA) is 46.5 Å². The van der Waals surface area contributed by atoms with Crippen LogP contribution >= 0.6 is 0 Å². The van der Waals surface area contributed by atoms with Crippen molar-refractivity contribution >= 4 is 12.0 Å². The lowest BCUT2D eigenvalue weighted by Gasteiger charge is -2.07. The van der Waals surface area contributed by atoms with Crippen molar-refractivity contribution in [2.24, 2.45) is 0 Å². The molecule has 1 rings (SSSR count). The van der Waals surface area contributed by atoms with Gasteiger partial charge in [-0.15, -0.1) is 0 Å². The van der Waals surface area contributed by atoms with E-state index in [9.17, 15) is 9.90 Å². The first kappa shape index (κ1) is 13.2. The van der Waals surface area contributed by atoms with Gasteiger partial charge < -0.3 is 9.84 Å². The Morgan fingerprint density at radius 1 is 1.47 bits per heavy atom. The van der Waals surface area contributed by atoms with Gasteiger partial charge in [-0.2, -0.15) is 0 Å². The number of hydrogen-bond acceptors (Lipinski definition) is 3. The summed E-state index contributed by atoms with van der Waals surface area (Å²) in [5, 5.41) is 9.55. The van der Waals surface area contributed by atoms with Crippen LogP contribution in [0.1, 0.15) is 12.5 Å². The number of aliphatic hydroxyl groups excluding tert-OH is 1. The molecule has 3 heteroatoms. The number of aliphatic hydroxyl groups is 1. The summed E-state index contributed by atoms with van der Waals surface area (Å²) in [5.41, 5.74) is 1.31. The minimum atomic E-state index is -0.807. The summed E-state index contributed by atoms with van der Waals surface area (Å²) in [5.74, 6) is -0.489. The molecule has 0 amide bonds. The van der Waals surface area contributed by atoms with E-state index in [-0.39, 0.29) is 6.61 Å². The van der Waals surface area contributed by atoms with Crippen molar-refractivity contribution in [3.05, 3.63) is 54.1 Å². The third-order valence-electron chi connectivity index (χ3n) is 2.04. The first-order valence-corrected chi connectivity index (χ1v) is 5.33. The van der Waals surface area contributed by atoms with E-state index in [1.54, 1.807) is 19.1 Å². The van der Waals surface area contributed by atoms with Crippen LogP contribution in [0.4, 0.5) is 0 Å². The second-order valence-electron chi connectivity index (χ2n) is 3.72. The van der Waals surface area contributed by atoms with Crippen LogP contribution in [0.5, 0.6) is 0 Å². The van der Waals surface area contributed by atoms with Crippen molar-refractivity contribution in [1.29, 1.82) is 0 Å². The molecule has 1 N–H and O–H groups in total. The van der Waals surface area contributed by atoms with Crippen LogP contribution in [0.15, 0.2) is 48.6 Å². The molecule has 0 fully saturated rings. The first-order chi connectivity index (χ1) is 8.09. The van der Waals surface area contributed by atoms with Crippen molar-refractivity contribution < 1.29 is 14.6 Å². The van der Waals surface area contributed by atoms with E-state index in [4.69, 9.17) is 4.74 Å². The number of rotatable bonds is 5. The highest BCUT2D eigenvalue weighted by molar-refractivity contribution is 5.86. The number of carbonyl (C=O) groups is 1. The third kappa shape index (κ3) is 5.13. The molecule has 3 nitrogen and oxygen atoms in total. The summed E-state index contributed by atoms with van der Waals surface area (Å²) < 4.78 is 4.81. The molecule has 1 aromatic rings. The second kappa shape index (κ2) is 6.66. The number of esters is 1. The predicted molar refractivity (Wildman–Crippen MR) is 67.3 cm³/mol. The molecule has 0 aliphatic carbocycles. The fourth-order valence-electron chi connectivity index (χ4n) is 1.13. The van der Waals surface area contributed by atoms with Crippen LogP contribution < -0.4 is 0 Å². The molecule has 1 aromatic carbocycles. The Balaban J connectivity index is 2.40. The molecule has 0 heterocycles. The average molecular weight is 232 g/mol. The van der Waals surface area contributed by atoms with Crippen molar-refractivity contribution in [3.63, 3.8) is 0 Å². The van der Waals surface area contributed by atoms with Gasteiger partial charge in [-0.25, -0.2) is 4.79 Å². The molecule has 1 unspecified atom stereocenters. The molecule has 0 saturated heterocycles. The van der Waals surface area contributed by atoms with E-state index in [1.807, 2.05) is 30.3 Å². The lowest BCUT2D eigenvalue weighted by molar-refractivity contribution is -0.141. The van der Waals surface area contributed by atoms with Gasteiger partial charge in [0.15, 0.2) is 0 Å². The number of ether oxygens (including phenoxy) is 1. The average Bonchev–Trinajstić information content (AvgIpc) is 2.34. The van der Waals surface area contributed by atoms with Crippen LogP contribution in [0.2, 0.25) is 0 Å². The molecule has 0 aliphatic rings. The normalized spacial score (nSPS) is 12.4. The van der Waals surface area contributed by atoms with Gasteiger partial charge in [-0.1, -0.05) is 49.1 Å². The van der Waals surface area contributed by atoms with E-state index in [0.717, 1.165) is 5.56 Å². The second-order valence-corrected chi connectivity index (χ2v) is 3.72. The zero-order chi connectivity index (χ0) is 12.7. The molecule has 0 saturated carbocycles. The standard InChI is InChI=1S/C14H16O3/c1-11(2)14(16)17-10-13(15)9-8-12-6-4-3-5-7-12/h3-9,13,15H,1,10H2,2H3. The van der Waals surface area contributed by atoms with Crippen molar-refractivity contribution in [2.45, 2.75) is 13.0 Å². The zero-order valence-electron chi connectivity index (χ0n) is 9.80. The van der Waals surface area contributed by atoms with E-state index >= 15 is 0 Å². The van der Waals surface area contributed by atoms with Gasteiger partial charge in [-0.3, -0.25) is 0 Å². The molecule has 0 aliphatic heterocycles. The van der Waals surface area contributed by atoms with Gasteiger partial charge in [0.25, 0.3) is 0 Å². The molecular formula is C14H16O3. The summed E-state index contributed by atoms with van der Waals surface area (Å²) >= 11 is 0. The SMILES string of the molecule is C=C(C)C(=O)OCC(O)C=Cc1ccccc1. The lowest BCUT2D eigenvalue weighted by Crippen LogP contribution is -2.16. The smallest absolute Gasteiger partial charge is 0.333 e. The lowest BCUT2D eigenvalue weighted by atomic mass is 10.2. The van der Waals surface area contributed by atoms with E-state index in [2.05, 4.69) is 6.58 Å². The van der Waals surface area contributed by atoms with E-state index in [0.29, 0.717) is 5.57 Å². The number of benzene rings is 1. The van der Waals surface area contributed by atoms with Gasteiger partial charge in [-0.05, 0) is 12.5 Å². The van der Waals surface area contributed by atoms with Crippen LogP contribution in [0, 0.1) is 0 Å². The summed E-state index contributed by atoms with van der Waals surface area (Å²) in [4.78, 5) is 11.1. The zero-order valence-corrected chi connectivity index (χ0v) is 9.80. The number of carbonyl (C=O) groups excluding carboxylic acids is 1. The van der Waals surface area contributed by atoms with E-state index in [1.165, 1.54) is 0 Å². The van der Waals surface area contributed by atoms with Gasteiger partial charge in [0.2, 0.25) is 0 Å². The fourth-order valence-corrected chi connectivity index (χ4v) is 1.13. The minimum absolute atomic E-state index is 0.0605. The summed E-state index contributed by atoms with van der Waals surface area (Å²) in [6.45, 7) is 4.96. The first-order valence-electron chi connectivity index (χ1n) is 5.33. The highest BCUT2D eigenvalue weighted by atomic mass is 16.5. The molecule has 1 atom stereocenters. The maximum absolute atomic E-state index is 11.1. The van der Waals surface area contributed by atoms with Gasteiger partial charge in [0.1, 0.15) is 12.7 Å². The van der Waals surface area contributed by atoms with Gasteiger partial charge in [0.05, 0.1) is 0 Å². The maximum atomic E-state index is 11.1. The van der Waals surface area contributed by atoms with E-state index < -0.39 is 12.1 Å². The van der Waals surface area contributed by atoms with Crippen molar-refractivity contribution in [3.8, 4) is 0 Å². The van der Waals surface area contributed by atoms with Crippen molar-refractivity contribution in [2.75, 3.05) is 6.61 Å². The monoisotopic (exact) mass is 232 g/mol. The van der Waals surface area contributed by atoms with Crippen LogP contribution in [0.25, 0.3) is 6.08 Å². The quantitative estimate of drug-likeness (QED) is 0.625. The van der Waals surface area contributed by atoms with Crippen LogP contribution in [-0.4, -0.2) is 23.8 Å². The van der Waals surface area contributed by atoms with Crippen molar-refractivity contribution in [1.82, 2.24) is 0 Å². The third-order valence-corrected chi connectivity index (χ3v) is 2.04. The maximum Gasteiger partial charge on any atom is 0.333 e. The predicted octanol–water partition coefficient (Wildman–Crippen LogP) is 2.18. The van der Waals surface area contributed by atoms with Crippen LogP contribution in [-0.2, 0) is 9.53 Å². The molecule has 0 radical (unpaired) electrons. The highest BCUT2D eigenvalue weighted by Crippen LogP contribution is 2.03. The molecule has 0 spiro atoms. The Bertz CT molecular complexity index is 407. The molecule has 0 aromatic heterocycles. The molecular weight excluding hydrogens is 216 g/mol. The molecule has 0 bridgehead atoms. The highest BCUT2D eigenvalue weighted by Gasteiger charge is 2.06. The molecule has 17 heavy (non-hydrogen) atoms. The largest absolute Gasteiger partial charge is 0.459 e. The summed E-state index contributed by atoms with van der Waals surface area (Å²) in [6.07, 6.45) is 2.55. The molecule has 90 valence electrons. The Morgan fingerprint density at radius 3 is 2.71 bits per heavy atom. The Labute approximate surface area is 101 Å². The number of hydrogen-bond donors (Lipinski definition) is 1. The summed E-state index contributed by atoms with van der Waals surface area (Å²) in [7, 11) is 0. The van der Waals surface area contributed by atoms with Gasteiger partial charge in [0, 0.05) is 5.57 Å². The summed E-state index contributed by atoms with van der Waals surface area (Å²) in [6, 6.07) is 9.58. The van der Waals surface area contributed by atoms with Gasteiger partial charge >= 0.3 is 5.97 Å². The minimum Gasteiger partial charge on any atom is -0.459 e. The Morgan fingerprint density at radius 2 is 2.12 bits per heavy atom. The Hall–Kier alpha value is -1.87.